The van der Waals surface area contributed by atoms with E-state index < -0.39 is 0 Å². The molecule has 1 atom stereocenters. The number of rotatable bonds is 4. The molecule has 0 bridgehead atoms. The molecule has 2 aromatic rings. The lowest BCUT2D eigenvalue weighted by atomic mass is 9.93. The number of benzene rings is 1. The maximum absolute atomic E-state index is 9.13. The molecule has 0 aliphatic heterocycles. The predicted octanol–water partition coefficient (Wildman–Crippen LogP) is 3.33. The molecule has 1 aliphatic rings. The first-order chi connectivity index (χ1) is 10.3. The molecule has 1 aromatic carbocycles. The van der Waals surface area contributed by atoms with Gasteiger partial charge in [-0.2, -0.15) is 5.26 Å². The Morgan fingerprint density at radius 1 is 1.43 bits per heavy atom. The highest BCUT2D eigenvalue weighted by Crippen LogP contribution is 2.30. The van der Waals surface area contributed by atoms with Crippen LogP contribution < -0.4 is 10.1 Å². The molecule has 1 unspecified atom stereocenters. The van der Waals surface area contributed by atoms with Crippen molar-refractivity contribution in [1.29, 1.82) is 5.26 Å². The Labute approximate surface area is 124 Å². The molecule has 0 saturated carbocycles. The molecular weight excluding hydrogens is 264 g/mol. The van der Waals surface area contributed by atoms with Crippen molar-refractivity contribution in [2.75, 3.05) is 7.11 Å². The van der Waals surface area contributed by atoms with Gasteiger partial charge in [-0.3, -0.25) is 0 Å². The number of nitriles is 1. The molecule has 1 heterocycles. The third-order valence-corrected chi connectivity index (χ3v) is 3.99. The average Bonchev–Trinajstić information content (AvgIpc) is 3.01. The van der Waals surface area contributed by atoms with Crippen LogP contribution >= 0.6 is 0 Å². The van der Waals surface area contributed by atoms with Gasteiger partial charge >= 0.3 is 0 Å². The summed E-state index contributed by atoms with van der Waals surface area (Å²) in [5.74, 6) is 1.72. The van der Waals surface area contributed by atoms with Crippen LogP contribution in [0.15, 0.2) is 34.9 Å². The number of hydrogen-bond donors (Lipinski definition) is 1. The highest BCUT2D eigenvalue weighted by molar-refractivity contribution is 5.45. The third-order valence-electron chi connectivity index (χ3n) is 3.99. The summed E-state index contributed by atoms with van der Waals surface area (Å²) < 4.78 is 10.7. The minimum Gasteiger partial charge on any atom is -0.495 e. The fourth-order valence-electron chi connectivity index (χ4n) is 2.89. The molecule has 0 saturated heterocycles. The summed E-state index contributed by atoms with van der Waals surface area (Å²) in [7, 11) is 1.58. The monoisotopic (exact) mass is 282 g/mol. The second-order valence-electron chi connectivity index (χ2n) is 5.27. The topological polar surface area (TPSA) is 58.2 Å². The molecule has 4 nitrogen and oxygen atoms in total. The molecule has 1 aromatic heterocycles. The molecular formula is C17H18N2O2. The fourth-order valence-corrected chi connectivity index (χ4v) is 2.89. The first-order valence-corrected chi connectivity index (χ1v) is 7.18. The Morgan fingerprint density at radius 3 is 3.14 bits per heavy atom. The van der Waals surface area contributed by atoms with Crippen LogP contribution in [0.25, 0.3) is 0 Å². The van der Waals surface area contributed by atoms with E-state index in [1.807, 2.05) is 18.2 Å². The van der Waals surface area contributed by atoms with Gasteiger partial charge in [-0.05, 0) is 36.6 Å². The lowest BCUT2D eigenvalue weighted by molar-refractivity contribution is 0.408. The van der Waals surface area contributed by atoms with Gasteiger partial charge in [0.15, 0.2) is 0 Å². The van der Waals surface area contributed by atoms with E-state index in [9.17, 15) is 0 Å². The van der Waals surface area contributed by atoms with Gasteiger partial charge in [-0.15, -0.1) is 0 Å². The normalized spacial score (nSPS) is 17.0. The molecule has 21 heavy (non-hydrogen) atoms. The number of fused-ring (bicyclic) bond motifs is 1. The molecule has 0 spiro atoms. The fraction of sp³-hybridized carbons (Fsp3) is 0.353. The minimum atomic E-state index is 0.333. The number of furan rings is 1. The van der Waals surface area contributed by atoms with Gasteiger partial charge in [0.1, 0.15) is 17.6 Å². The summed E-state index contributed by atoms with van der Waals surface area (Å²) in [6.45, 7) is 0.730. The van der Waals surface area contributed by atoms with E-state index in [1.54, 1.807) is 13.4 Å². The number of ether oxygens (including phenoxy) is 1. The van der Waals surface area contributed by atoms with Crippen LogP contribution in [0.4, 0.5) is 0 Å². The van der Waals surface area contributed by atoms with Crippen LogP contribution in [0.2, 0.25) is 0 Å². The Hall–Kier alpha value is -2.25. The first-order valence-electron chi connectivity index (χ1n) is 7.18. The lowest BCUT2D eigenvalue weighted by Gasteiger charge is -2.23. The van der Waals surface area contributed by atoms with E-state index in [0.717, 1.165) is 37.1 Å². The summed E-state index contributed by atoms with van der Waals surface area (Å²) >= 11 is 0. The summed E-state index contributed by atoms with van der Waals surface area (Å²) in [5, 5.41) is 12.7. The van der Waals surface area contributed by atoms with E-state index in [0.29, 0.717) is 17.4 Å². The first kappa shape index (κ1) is 13.7. The van der Waals surface area contributed by atoms with Crippen LogP contribution in [-0.4, -0.2) is 7.11 Å². The Bertz CT molecular complexity index is 670. The highest BCUT2D eigenvalue weighted by atomic mass is 16.5. The van der Waals surface area contributed by atoms with Crippen molar-refractivity contribution in [2.24, 2.45) is 0 Å². The lowest BCUT2D eigenvalue weighted by Crippen LogP contribution is -2.24. The van der Waals surface area contributed by atoms with Crippen molar-refractivity contribution in [3.05, 3.63) is 53.0 Å². The third kappa shape index (κ3) is 2.79. The smallest absolute Gasteiger partial charge is 0.136 e. The largest absolute Gasteiger partial charge is 0.495 e. The van der Waals surface area contributed by atoms with Gasteiger partial charge in [-0.25, -0.2) is 0 Å². The van der Waals surface area contributed by atoms with E-state index in [-0.39, 0.29) is 0 Å². The maximum atomic E-state index is 9.13. The Kier molecular flexibility index (Phi) is 3.94. The molecule has 0 radical (unpaired) electrons. The van der Waals surface area contributed by atoms with Gasteiger partial charge in [0.05, 0.1) is 18.9 Å². The molecule has 4 heteroatoms. The standard InChI is InChI=1S/C17H18N2O2/c1-20-16-6-5-12(9-13(16)10-18)11-19-15-3-2-4-17-14(15)7-8-21-17/h5-9,15,19H,2-4,11H2,1H3. The number of aryl methyl sites for hydroxylation is 1. The summed E-state index contributed by atoms with van der Waals surface area (Å²) in [6, 6.07) is 10.3. The highest BCUT2D eigenvalue weighted by Gasteiger charge is 2.21. The van der Waals surface area contributed by atoms with E-state index in [2.05, 4.69) is 17.5 Å². The van der Waals surface area contributed by atoms with Crippen LogP contribution in [0, 0.1) is 11.3 Å². The van der Waals surface area contributed by atoms with Gasteiger partial charge in [0.25, 0.3) is 0 Å². The zero-order valence-electron chi connectivity index (χ0n) is 12.1. The van der Waals surface area contributed by atoms with Crippen LogP contribution in [0.3, 0.4) is 0 Å². The van der Waals surface area contributed by atoms with Crippen molar-refractivity contribution in [2.45, 2.75) is 31.8 Å². The summed E-state index contributed by atoms with van der Waals surface area (Å²) in [6.07, 6.45) is 5.06. The van der Waals surface area contributed by atoms with E-state index in [4.69, 9.17) is 14.4 Å². The number of methoxy groups -OCH3 is 1. The molecule has 0 fully saturated rings. The number of hydrogen-bond acceptors (Lipinski definition) is 4. The minimum absolute atomic E-state index is 0.333. The van der Waals surface area contributed by atoms with Crippen molar-refractivity contribution in [3.63, 3.8) is 0 Å². The molecule has 3 rings (SSSR count). The molecule has 1 aliphatic carbocycles. The molecule has 0 amide bonds. The van der Waals surface area contributed by atoms with Crippen molar-refractivity contribution in [1.82, 2.24) is 5.32 Å². The quantitative estimate of drug-likeness (QED) is 0.934. The molecule has 1 N–H and O–H groups in total. The van der Waals surface area contributed by atoms with Crippen molar-refractivity contribution in [3.8, 4) is 11.8 Å². The van der Waals surface area contributed by atoms with Gasteiger partial charge in [-0.1, -0.05) is 6.07 Å². The summed E-state index contributed by atoms with van der Waals surface area (Å²) in [4.78, 5) is 0. The molecule has 108 valence electrons. The van der Waals surface area contributed by atoms with Crippen LogP contribution in [-0.2, 0) is 13.0 Å². The second kappa shape index (κ2) is 6.02. The van der Waals surface area contributed by atoms with Crippen molar-refractivity contribution < 1.29 is 9.15 Å². The zero-order valence-corrected chi connectivity index (χ0v) is 12.1. The van der Waals surface area contributed by atoms with Gasteiger partial charge < -0.3 is 14.5 Å². The van der Waals surface area contributed by atoms with E-state index >= 15 is 0 Å². The SMILES string of the molecule is COc1ccc(CNC2CCCc3occc32)cc1C#N. The maximum Gasteiger partial charge on any atom is 0.136 e. The summed E-state index contributed by atoms with van der Waals surface area (Å²) in [5.41, 5.74) is 2.93. The Balaban J connectivity index is 1.71. The van der Waals surface area contributed by atoms with E-state index in [1.165, 1.54) is 5.56 Å². The van der Waals surface area contributed by atoms with Crippen molar-refractivity contribution >= 4 is 0 Å². The second-order valence-corrected chi connectivity index (χ2v) is 5.27. The van der Waals surface area contributed by atoms with Crippen LogP contribution in [0.1, 0.15) is 41.3 Å². The van der Waals surface area contributed by atoms with Crippen LogP contribution in [0.5, 0.6) is 5.75 Å². The van der Waals surface area contributed by atoms with Gasteiger partial charge in [0.2, 0.25) is 0 Å². The zero-order chi connectivity index (χ0) is 14.7. The Morgan fingerprint density at radius 2 is 2.33 bits per heavy atom. The number of nitrogens with one attached hydrogen (secondary N) is 1. The predicted molar refractivity (Wildman–Crippen MR) is 78.9 cm³/mol. The number of nitrogens with zero attached hydrogens (tertiary/aromatic N) is 1. The average molecular weight is 282 g/mol. The van der Waals surface area contributed by atoms with Gasteiger partial charge in [0, 0.05) is 24.6 Å².